The summed E-state index contributed by atoms with van der Waals surface area (Å²) in [6.07, 6.45) is 0.745. The Bertz CT molecular complexity index is 2500. The molecule has 4 aromatic rings. The van der Waals surface area contributed by atoms with Gasteiger partial charge < -0.3 is 26.2 Å². The third-order valence-electron chi connectivity index (χ3n) is 11.9. The Labute approximate surface area is 377 Å². The number of amides is 2. The van der Waals surface area contributed by atoms with Crippen LogP contribution in [0.25, 0.3) is 22.3 Å². The number of nitrogens with one attached hydrogen (secondary N) is 1. The molecule has 5 N–H and O–H groups in total. The van der Waals surface area contributed by atoms with Crippen molar-refractivity contribution in [1.29, 1.82) is 0 Å². The van der Waals surface area contributed by atoms with E-state index in [-0.39, 0.29) is 59.9 Å². The van der Waals surface area contributed by atoms with Gasteiger partial charge in [0.15, 0.2) is 23.2 Å². The molecular formula is C50H54ClN5O8. The highest BCUT2D eigenvalue weighted by atomic mass is 35.5. The van der Waals surface area contributed by atoms with E-state index in [0.717, 1.165) is 11.1 Å². The highest BCUT2D eigenvalue weighted by Crippen LogP contribution is 2.40. The Morgan fingerprint density at radius 1 is 0.875 bits per heavy atom. The third-order valence-corrected chi connectivity index (χ3v) is 12.2. The normalized spacial score (nSPS) is 18.5. The summed E-state index contributed by atoms with van der Waals surface area (Å²) < 4.78 is 0. The summed E-state index contributed by atoms with van der Waals surface area (Å²) >= 11 is 6.06. The van der Waals surface area contributed by atoms with E-state index in [1.807, 2.05) is 24.3 Å². The summed E-state index contributed by atoms with van der Waals surface area (Å²) in [5, 5.41) is 25.8. The molecule has 2 aliphatic rings. The van der Waals surface area contributed by atoms with Crippen LogP contribution in [0.1, 0.15) is 86.8 Å². The number of hydrogen-bond donors (Lipinski definition) is 4. The van der Waals surface area contributed by atoms with Crippen molar-refractivity contribution in [2.45, 2.75) is 77.8 Å². The van der Waals surface area contributed by atoms with Gasteiger partial charge in [-0.2, -0.15) is 0 Å². The van der Waals surface area contributed by atoms with Crippen LogP contribution in [0.5, 0.6) is 11.5 Å². The van der Waals surface area contributed by atoms with Gasteiger partial charge in [0.05, 0.1) is 12.6 Å². The molecule has 0 fully saturated rings. The molecule has 0 unspecified atom stereocenters. The number of unbranched alkanes of at least 4 members (excludes halogenated alkanes) is 1. The number of nitrogens with zero attached hydrogens (tertiary/aromatic N) is 3. The van der Waals surface area contributed by atoms with Crippen LogP contribution >= 0.6 is 11.6 Å². The number of ketones is 4. The first-order valence-corrected chi connectivity index (χ1v) is 21.9. The summed E-state index contributed by atoms with van der Waals surface area (Å²) in [6.45, 7) is 5.60. The van der Waals surface area contributed by atoms with E-state index in [1.54, 1.807) is 57.2 Å². The molecule has 5 atom stereocenters. The molecule has 0 spiro atoms. The van der Waals surface area contributed by atoms with Crippen molar-refractivity contribution in [2.24, 2.45) is 33.5 Å². The maximum Gasteiger partial charge on any atom is 0.226 e. The molecule has 334 valence electrons. The van der Waals surface area contributed by atoms with Crippen molar-refractivity contribution >= 4 is 58.1 Å². The van der Waals surface area contributed by atoms with Crippen LogP contribution in [0.15, 0.2) is 94.9 Å². The number of likely N-dealkylation sites (N-methyl/N-ethyl adjacent to an activating group) is 1. The number of aliphatic imine (C=N–C) groups is 2. The fraction of sp³-hybridized carbons (Fsp3) is 0.360. The number of carbonyl (C=O) groups excluding carboxylic acids is 6. The molecule has 2 heterocycles. The molecule has 14 heteroatoms. The number of amidine groups is 1. The molecule has 0 radical (unpaired) electrons. The Hall–Kier alpha value is -6.31. The SMILES string of the molecule is CC1=NC(C(=O)[C@H](C)CC(=O)[C@@H]2Cc3ccc(O)c(c3)-c3cc(ccc3O)[C@H](N(C)C(=O)[C@H](CCCCN)CC(=O)c3ccc(-c4ccc(Cl)cc4)cc3)C(=O)C[C@@H](C)C(=O)N2)=NC1. The predicted molar refractivity (Wildman–Crippen MR) is 247 cm³/mol. The van der Waals surface area contributed by atoms with Gasteiger partial charge in [0.1, 0.15) is 17.5 Å². The molecule has 2 amide bonds. The lowest BCUT2D eigenvalue weighted by atomic mass is 9.87. The standard InChI is InChI=1S/C50H54ClN5O8/c1-28(47(62)48-53-27-30(3)54-48)21-44(60)40-24-31-8-18-41(57)38(23-31)39-25-35(15-19-42(39)58)46(45(61)22-29(2)49(63)55-40)56(4)50(64)36(7-5-6-20-52)26-43(59)34-11-9-32(10-12-34)33-13-16-37(51)17-14-33/h8-19,23,25,28-29,36,40,46,57-58H,5-7,20-22,24,26-27,52H2,1-4H3,(H,55,63)/t28-,29-,36-,40+,46+/m1/s1. The van der Waals surface area contributed by atoms with Gasteiger partial charge in [-0.05, 0) is 91.4 Å². The summed E-state index contributed by atoms with van der Waals surface area (Å²) in [4.78, 5) is 93.8. The monoisotopic (exact) mass is 887 g/mol. The smallest absolute Gasteiger partial charge is 0.226 e. The number of aromatic hydroxyl groups is 2. The average Bonchev–Trinajstić information content (AvgIpc) is 3.72. The van der Waals surface area contributed by atoms with Gasteiger partial charge in [0, 0.05) is 71.5 Å². The van der Waals surface area contributed by atoms with Gasteiger partial charge in [0.25, 0.3) is 0 Å². The van der Waals surface area contributed by atoms with Crippen LogP contribution in [-0.4, -0.2) is 87.8 Å². The molecule has 0 saturated heterocycles. The van der Waals surface area contributed by atoms with Crippen molar-refractivity contribution < 1.29 is 39.0 Å². The number of phenolic OH excluding ortho intramolecular Hbond substituents is 2. The van der Waals surface area contributed by atoms with Gasteiger partial charge >= 0.3 is 0 Å². The second kappa shape index (κ2) is 20.9. The lowest BCUT2D eigenvalue weighted by Gasteiger charge is -2.32. The predicted octanol–water partition coefficient (Wildman–Crippen LogP) is 7.28. The number of fused-ring (bicyclic) bond motifs is 5. The second-order valence-corrected chi connectivity index (χ2v) is 17.4. The van der Waals surface area contributed by atoms with Crippen molar-refractivity contribution in [3.8, 4) is 33.8 Å². The molecule has 6 rings (SSSR count). The number of hydrogen-bond acceptors (Lipinski definition) is 11. The maximum absolute atomic E-state index is 14.7. The number of halogens is 1. The summed E-state index contributed by atoms with van der Waals surface area (Å²) in [7, 11) is 1.48. The van der Waals surface area contributed by atoms with Gasteiger partial charge in [-0.15, -0.1) is 0 Å². The fourth-order valence-corrected chi connectivity index (χ4v) is 8.34. The fourth-order valence-electron chi connectivity index (χ4n) is 8.22. The van der Waals surface area contributed by atoms with Crippen LogP contribution in [0.4, 0.5) is 0 Å². The number of benzene rings is 4. The topological polar surface area (TPSA) is 209 Å². The molecule has 2 aliphatic heterocycles. The maximum atomic E-state index is 14.7. The van der Waals surface area contributed by atoms with Crippen LogP contribution in [0.2, 0.25) is 5.02 Å². The summed E-state index contributed by atoms with van der Waals surface area (Å²) in [6, 6.07) is 21.0. The zero-order valence-electron chi connectivity index (χ0n) is 36.5. The lowest BCUT2D eigenvalue weighted by Crippen LogP contribution is -2.46. The van der Waals surface area contributed by atoms with E-state index in [2.05, 4.69) is 15.3 Å². The van der Waals surface area contributed by atoms with E-state index >= 15 is 0 Å². The van der Waals surface area contributed by atoms with Crippen molar-refractivity contribution in [3.05, 3.63) is 107 Å². The Morgan fingerprint density at radius 2 is 1.52 bits per heavy atom. The van der Waals surface area contributed by atoms with E-state index in [9.17, 15) is 39.0 Å². The largest absolute Gasteiger partial charge is 0.507 e. The minimum atomic E-state index is -1.28. The molecule has 4 aromatic carbocycles. The molecule has 0 saturated carbocycles. The average molecular weight is 888 g/mol. The van der Waals surface area contributed by atoms with Gasteiger partial charge in [0.2, 0.25) is 17.6 Å². The van der Waals surface area contributed by atoms with Crippen LogP contribution in [-0.2, 0) is 30.4 Å². The number of Topliss-reactive ketones (excluding diaryl/α,β-unsaturated/α-hetero) is 4. The van der Waals surface area contributed by atoms with E-state index in [4.69, 9.17) is 17.3 Å². The van der Waals surface area contributed by atoms with Crippen molar-refractivity contribution in [2.75, 3.05) is 20.1 Å². The minimum Gasteiger partial charge on any atom is -0.507 e. The van der Waals surface area contributed by atoms with E-state index in [1.165, 1.54) is 36.2 Å². The van der Waals surface area contributed by atoms with Crippen LogP contribution < -0.4 is 11.1 Å². The van der Waals surface area contributed by atoms with Crippen molar-refractivity contribution in [1.82, 2.24) is 10.2 Å². The number of phenols is 2. The Morgan fingerprint density at radius 3 is 2.16 bits per heavy atom. The number of rotatable bonds is 15. The first-order chi connectivity index (χ1) is 30.5. The minimum absolute atomic E-state index is 0.0191. The second-order valence-electron chi connectivity index (χ2n) is 16.9. The van der Waals surface area contributed by atoms with Crippen molar-refractivity contribution in [3.63, 3.8) is 0 Å². The number of nitrogens with two attached hydrogens (primary N) is 1. The zero-order chi connectivity index (χ0) is 46.2. The van der Waals surface area contributed by atoms with Gasteiger partial charge in [-0.25, -0.2) is 4.99 Å². The Kier molecular flexibility index (Phi) is 15.4. The molecule has 13 nitrogen and oxygen atoms in total. The van der Waals surface area contributed by atoms with Gasteiger partial charge in [-0.1, -0.05) is 80.4 Å². The summed E-state index contributed by atoms with van der Waals surface area (Å²) in [5.74, 6) is -5.62. The van der Waals surface area contributed by atoms with E-state index < -0.39 is 59.0 Å². The first-order valence-electron chi connectivity index (χ1n) is 21.5. The quantitative estimate of drug-likeness (QED) is 0.0698. The van der Waals surface area contributed by atoms with Gasteiger partial charge in [-0.3, -0.25) is 33.8 Å². The first kappa shape index (κ1) is 47.2. The highest BCUT2D eigenvalue weighted by molar-refractivity contribution is 6.43. The number of carbonyl (C=O) groups is 6. The van der Waals surface area contributed by atoms with Crippen LogP contribution in [0, 0.1) is 17.8 Å². The van der Waals surface area contributed by atoms with Crippen LogP contribution in [0.3, 0.4) is 0 Å². The van der Waals surface area contributed by atoms with E-state index in [0.29, 0.717) is 59.8 Å². The molecule has 0 aliphatic carbocycles. The highest BCUT2D eigenvalue weighted by Gasteiger charge is 2.36. The Balaban J connectivity index is 1.30. The zero-order valence-corrected chi connectivity index (χ0v) is 37.2. The molecule has 64 heavy (non-hydrogen) atoms. The molecule has 0 aromatic heterocycles. The third kappa shape index (κ3) is 11.2. The lowest BCUT2D eigenvalue weighted by molar-refractivity contribution is -0.142. The molecule has 4 bridgehead atoms. The summed E-state index contributed by atoms with van der Waals surface area (Å²) in [5.41, 5.74) is 9.92. The molecular weight excluding hydrogens is 834 g/mol.